The summed E-state index contributed by atoms with van der Waals surface area (Å²) in [6.45, 7) is 0. The summed E-state index contributed by atoms with van der Waals surface area (Å²) >= 11 is 10.7. The van der Waals surface area contributed by atoms with E-state index in [1.807, 2.05) is 0 Å². The average Bonchev–Trinajstić information content (AvgIpc) is 2.61. The Kier molecular flexibility index (Phi) is 3.01. The van der Waals surface area contributed by atoms with Gasteiger partial charge < -0.3 is 0 Å². The van der Waals surface area contributed by atoms with E-state index >= 15 is 0 Å². The Morgan fingerprint density at radius 1 is 1.24 bits per heavy atom. The van der Waals surface area contributed by atoms with Crippen LogP contribution in [0.25, 0.3) is 5.69 Å². The van der Waals surface area contributed by atoms with Crippen LogP contribution in [0.15, 0.2) is 30.3 Å². The monoisotopic (exact) mass is 278 g/mol. The molecule has 0 atom stereocenters. The molecule has 2 aromatic rings. The van der Waals surface area contributed by atoms with Gasteiger partial charge in [0.05, 0.1) is 10.7 Å². The summed E-state index contributed by atoms with van der Waals surface area (Å²) < 4.78 is 38.6. The molecule has 1 aromatic carbocycles. The number of hydrogen-bond acceptors (Lipinski definition) is 1. The highest BCUT2D eigenvalue weighted by Gasteiger charge is 2.33. The Labute approximate surface area is 105 Å². The molecule has 0 unspecified atom stereocenters. The first-order valence-corrected chi connectivity index (χ1v) is 5.32. The van der Waals surface area contributed by atoms with Gasteiger partial charge in [-0.15, -0.1) is 0 Å². The fraction of sp³-hybridized carbons (Fsp3) is 0.100. The first-order chi connectivity index (χ1) is 7.89. The number of rotatable bonds is 1. The minimum Gasteiger partial charge on any atom is -0.288 e. The van der Waals surface area contributed by atoms with E-state index in [0.29, 0.717) is 10.7 Å². The number of benzene rings is 1. The summed E-state index contributed by atoms with van der Waals surface area (Å²) in [6, 6.07) is 7.36. The molecule has 0 aliphatic heterocycles. The first-order valence-electron chi connectivity index (χ1n) is 4.54. The van der Waals surface area contributed by atoms with E-state index in [4.69, 9.17) is 23.8 Å². The van der Waals surface area contributed by atoms with Crippen molar-refractivity contribution in [1.29, 1.82) is 0 Å². The van der Waals surface area contributed by atoms with Gasteiger partial charge in [-0.05, 0) is 12.1 Å². The van der Waals surface area contributed by atoms with Crippen LogP contribution in [0, 0.1) is 4.64 Å². The number of alkyl halides is 3. The van der Waals surface area contributed by atoms with E-state index in [9.17, 15) is 13.2 Å². The van der Waals surface area contributed by atoms with Crippen LogP contribution in [0.4, 0.5) is 13.2 Å². The molecule has 1 N–H and O–H groups in total. The quantitative estimate of drug-likeness (QED) is 0.775. The molecule has 0 fully saturated rings. The normalized spacial score (nSPS) is 11.8. The van der Waals surface area contributed by atoms with Crippen LogP contribution in [-0.2, 0) is 6.18 Å². The molecule has 7 heteroatoms. The Hall–Kier alpha value is -1.27. The lowest BCUT2D eigenvalue weighted by Crippen LogP contribution is -2.07. The second-order valence-corrected chi connectivity index (χ2v) is 4.12. The molecule has 0 amide bonds. The molecule has 0 bridgehead atoms. The van der Waals surface area contributed by atoms with Crippen molar-refractivity contribution in [2.75, 3.05) is 0 Å². The second kappa shape index (κ2) is 4.19. The number of para-hydroxylation sites is 1. The minimum atomic E-state index is -4.46. The van der Waals surface area contributed by atoms with Gasteiger partial charge in [0.25, 0.3) is 0 Å². The van der Waals surface area contributed by atoms with Crippen molar-refractivity contribution in [2.45, 2.75) is 6.18 Å². The molecule has 0 radical (unpaired) electrons. The van der Waals surface area contributed by atoms with Gasteiger partial charge in [-0.2, -0.15) is 13.2 Å². The van der Waals surface area contributed by atoms with Crippen LogP contribution in [0.2, 0.25) is 5.02 Å². The van der Waals surface area contributed by atoms with Gasteiger partial charge in [0.1, 0.15) is 10.3 Å². The van der Waals surface area contributed by atoms with E-state index < -0.39 is 11.9 Å². The predicted octanol–water partition coefficient (Wildman–Crippen LogP) is 4.21. The lowest BCUT2D eigenvalue weighted by molar-refractivity contribution is -0.141. The molecule has 17 heavy (non-hydrogen) atoms. The Morgan fingerprint density at radius 3 is 2.41 bits per heavy atom. The van der Waals surface area contributed by atoms with E-state index in [-0.39, 0.29) is 4.64 Å². The van der Waals surface area contributed by atoms with Crippen LogP contribution in [0.5, 0.6) is 0 Å². The Balaban J connectivity index is 2.59. The van der Waals surface area contributed by atoms with Crippen LogP contribution in [0.1, 0.15) is 5.69 Å². The van der Waals surface area contributed by atoms with Crippen LogP contribution < -0.4 is 0 Å². The smallest absolute Gasteiger partial charge is 0.288 e. The molecule has 0 saturated carbocycles. The van der Waals surface area contributed by atoms with E-state index in [1.54, 1.807) is 24.3 Å². The standard InChI is InChI=1S/C10H6ClF3N2S/c11-6-3-1-2-4-7(6)16-9(17)5-8(15-16)10(12,13)14/h1-5,15H. The van der Waals surface area contributed by atoms with Gasteiger partial charge in [0.15, 0.2) is 0 Å². The van der Waals surface area contributed by atoms with Crippen LogP contribution in [0.3, 0.4) is 0 Å². The zero-order valence-electron chi connectivity index (χ0n) is 8.25. The number of halogens is 4. The molecular weight excluding hydrogens is 273 g/mol. The van der Waals surface area contributed by atoms with Gasteiger partial charge in [-0.25, -0.2) is 4.68 Å². The van der Waals surface area contributed by atoms with Gasteiger partial charge in [0, 0.05) is 6.07 Å². The van der Waals surface area contributed by atoms with E-state index in [0.717, 1.165) is 10.7 Å². The SMILES string of the molecule is FC(F)(F)c1cc(=S)n(-c2ccccc2Cl)[nH]1. The van der Waals surface area contributed by atoms with Crippen molar-refractivity contribution in [2.24, 2.45) is 0 Å². The third kappa shape index (κ3) is 2.37. The molecule has 0 aliphatic carbocycles. The fourth-order valence-electron chi connectivity index (χ4n) is 1.35. The third-order valence-electron chi connectivity index (χ3n) is 2.12. The number of H-pyrrole nitrogens is 1. The molecule has 90 valence electrons. The van der Waals surface area contributed by atoms with Gasteiger partial charge >= 0.3 is 6.18 Å². The molecule has 0 saturated heterocycles. The summed E-state index contributed by atoms with van der Waals surface area (Å²) in [7, 11) is 0. The Bertz CT molecular complexity index is 600. The maximum absolute atomic E-state index is 12.5. The zero-order chi connectivity index (χ0) is 12.6. The topological polar surface area (TPSA) is 20.7 Å². The molecular formula is C10H6ClF3N2S. The van der Waals surface area contributed by atoms with E-state index in [2.05, 4.69) is 5.10 Å². The molecule has 0 aliphatic rings. The number of aromatic nitrogens is 2. The maximum atomic E-state index is 12.5. The third-order valence-corrected chi connectivity index (χ3v) is 2.74. The second-order valence-electron chi connectivity index (χ2n) is 3.29. The minimum absolute atomic E-state index is 0.0189. The molecule has 2 nitrogen and oxygen atoms in total. The highest BCUT2D eigenvalue weighted by Crippen LogP contribution is 2.29. The molecule has 1 aromatic heterocycles. The van der Waals surface area contributed by atoms with E-state index in [1.165, 1.54) is 0 Å². The summed E-state index contributed by atoms with van der Waals surface area (Å²) in [5.41, 5.74) is -0.517. The fourth-order valence-corrected chi connectivity index (χ4v) is 1.84. The van der Waals surface area contributed by atoms with Crippen molar-refractivity contribution >= 4 is 23.8 Å². The molecule has 2 rings (SSSR count). The lowest BCUT2D eigenvalue weighted by Gasteiger charge is -2.06. The van der Waals surface area contributed by atoms with Crippen LogP contribution in [-0.4, -0.2) is 9.78 Å². The van der Waals surface area contributed by atoms with Gasteiger partial charge in [-0.3, -0.25) is 5.10 Å². The van der Waals surface area contributed by atoms with Crippen molar-refractivity contribution in [3.8, 4) is 5.69 Å². The Morgan fingerprint density at radius 2 is 1.88 bits per heavy atom. The number of hydrogen-bond donors (Lipinski definition) is 1. The first kappa shape index (κ1) is 12.2. The maximum Gasteiger partial charge on any atom is 0.432 e. The van der Waals surface area contributed by atoms with Crippen LogP contribution >= 0.6 is 23.8 Å². The summed E-state index contributed by atoms with van der Waals surface area (Å²) in [4.78, 5) is 0. The predicted molar refractivity (Wildman–Crippen MR) is 61.0 cm³/mol. The number of nitrogens with one attached hydrogen (secondary N) is 1. The van der Waals surface area contributed by atoms with Gasteiger partial charge in [-0.1, -0.05) is 36.0 Å². The molecule has 1 heterocycles. The summed E-state index contributed by atoms with van der Waals surface area (Å²) in [6.07, 6.45) is -4.46. The van der Waals surface area contributed by atoms with Crippen molar-refractivity contribution in [1.82, 2.24) is 9.78 Å². The summed E-state index contributed by atoms with van der Waals surface area (Å²) in [5.74, 6) is 0. The van der Waals surface area contributed by atoms with Crippen molar-refractivity contribution < 1.29 is 13.2 Å². The molecule has 0 spiro atoms. The lowest BCUT2D eigenvalue weighted by atomic mass is 10.3. The number of nitrogens with zero attached hydrogens (tertiary/aromatic N) is 1. The highest BCUT2D eigenvalue weighted by atomic mass is 35.5. The average molecular weight is 279 g/mol. The largest absolute Gasteiger partial charge is 0.432 e. The van der Waals surface area contributed by atoms with Gasteiger partial charge in [0.2, 0.25) is 0 Å². The highest BCUT2D eigenvalue weighted by molar-refractivity contribution is 7.71. The zero-order valence-corrected chi connectivity index (χ0v) is 9.83. The summed E-state index contributed by atoms with van der Waals surface area (Å²) in [5, 5.41) is 2.50. The van der Waals surface area contributed by atoms with Crippen molar-refractivity contribution in [3.05, 3.63) is 45.7 Å². The number of aromatic amines is 1. The van der Waals surface area contributed by atoms with Crippen molar-refractivity contribution in [3.63, 3.8) is 0 Å².